The van der Waals surface area contributed by atoms with Crippen LogP contribution in [0.15, 0.2) is 28.8 Å². The molecule has 0 aliphatic heterocycles. The zero-order valence-corrected chi connectivity index (χ0v) is 14.4. The Kier molecular flexibility index (Phi) is 4.34. The van der Waals surface area contributed by atoms with Crippen molar-refractivity contribution in [2.45, 2.75) is 40.7 Å². The number of aromatic nitrogens is 2. The summed E-state index contributed by atoms with van der Waals surface area (Å²) in [7, 11) is 0. The Morgan fingerprint density at radius 3 is 2.62 bits per heavy atom. The number of hydrogen-bond acceptors (Lipinski definition) is 4. The Hall–Kier alpha value is -2.69. The first-order chi connectivity index (χ1) is 11.5. The summed E-state index contributed by atoms with van der Waals surface area (Å²) in [6.07, 6.45) is 0.792. The summed E-state index contributed by atoms with van der Waals surface area (Å²) in [6.45, 7) is 8.14. The maximum Gasteiger partial charge on any atom is 0.252 e. The van der Waals surface area contributed by atoms with Gasteiger partial charge >= 0.3 is 0 Å². The quantitative estimate of drug-likeness (QED) is 0.796. The van der Waals surface area contributed by atoms with Gasteiger partial charge in [-0.3, -0.25) is 9.78 Å². The summed E-state index contributed by atoms with van der Waals surface area (Å²) in [6, 6.07) is 7.76. The van der Waals surface area contributed by atoms with Crippen LogP contribution in [-0.2, 0) is 13.0 Å². The van der Waals surface area contributed by atoms with Crippen molar-refractivity contribution in [1.82, 2.24) is 15.5 Å². The minimum Gasteiger partial charge on any atom is -0.361 e. The molecule has 0 aliphatic rings. The smallest absolute Gasteiger partial charge is 0.252 e. The SMILES string of the molecule is CCc1nc2ccccc2c(C(=O)NCc2c(C)noc2C)c1C. The van der Waals surface area contributed by atoms with Gasteiger partial charge in [-0.25, -0.2) is 0 Å². The van der Waals surface area contributed by atoms with Gasteiger partial charge < -0.3 is 9.84 Å². The van der Waals surface area contributed by atoms with Gasteiger partial charge in [-0.1, -0.05) is 30.3 Å². The van der Waals surface area contributed by atoms with E-state index in [4.69, 9.17) is 4.52 Å². The van der Waals surface area contributed by atoms with E-state index in [-0.39, 0.29) is 5.91 Å². The second kappa shape index (κ2) is 6.43. The largest absolute Gasteiger partial charge is 0.361 e. The number of fused-ring (bicyclic) bond motifs is 1. The molecule has 2 aromatic heterocycles. The van der Waals surface area contributed by atoms with E-state index < -0.39 is 0 Å². The van der Waals surface area contributed by atoms with Gasteiger partial charge in [0.1, 0.15) is 5.76 Å². The van der Waals surface area contributed by atoms with Crippen molar-refractivity contribution in [3.63, 3.8) is 0 Å². The van der Waals surface area contributed by atoms with Crippen LogP contribution >= 0.6 is 0 Å². The summed E-state index contributed by atoms with van der Waals surface area (Å²) in [5.74, 6) is 0.638. The lowest BCUT2D eigenvalue weighted by atomic mass is 9.99. The number of carbonyl (C=O) groups is 1. The highest BCUT2D eigenvalue weighted by atomic mass is 16.5. The van der Waals surface area contributed by atoms with Crippen molar-refractivity contribution in [2.24, 2.45) is 0 Å². The van der Waals surface area contributed by atoms with Gasteiger partial charge in [-0.15, -0.1) is 0 Å². The number of amides is 1. The first-order valence-electron chi connectivity index (χ1n) is 8.11. The molecular weight excluding hydrogens is 302 g/mol. The van der Waals surface area contributed by atoms with Crippen molar-refractivity contribution in [2.75, 3.05) is 0 Å². The van der Waals surface area contributed by atoms with E-state index in [2.05, 4.69) is 22.4 Å². The first-order valence-corrected chi connectivity index (χ1v) is 8.11. The molecule has 0 radical (unpaired) electrons. The lowest BCUT2D eigenvalue weighted by Gasteiger charge is -2.13. The van der Waals surface area contributed by atoms with Crippen LogP contribution < -0.4 is 5.32 Å². The van der Waals surface area contributed by atoms with Crippen molar-refractivity contribution in [1.29, 1.82) is 0 Å². The van der Waals surface area contributed by atoms with Gasteiger partial charge in [-0.2, -0.15) is 0 Å². The van der Waals surface area contributed by atoms with Gasteiger partial charge in [0.05, 0.1) is 16.8 Å². The average molecular weight is 323 g/mol. The van der Waals surface area contributed by atoms with E-state index in [1.165, 1.54) is 0 Å². The molecule has 124 valence electrons. The number of nitrogens with one attached hydrogen (secondary N) is 1. The van der Waals surface area contributed by atoms with Crippen LogP contribution in [0.4, 0.5) is 0 Å². The molecule has 0 aliphatic carbocycles. The van der Waals surface area contributed by atoms with E-state index in [1.807, 2.05) is 45.0 Å². The molecule has 2 heterocycles. The fourth-order valence-electron chi connectivity index (χ4n) is 3.01. The zero-order chi connectivity index (χ0) is 17.3. The number of para-hydroxylation sites is 1. The molecular formula is C19H21N3O2. The highest BCUT2D eigenvalue weighted by molar-refractivity contribution is 6.07. The van der Waals surface area contributed by atoms with Crippen molar-refractivity contribution in [3.05, 3.63) is 58.1 Å². The topological polar surface area (TPSA) is 68.0 Å². The molecule has 1 N–H and O–H groups in total. The summed E-state index contributed by atoms with van der Waals surface area (Å²) < 4.78 is 5.15. The lowest BCUT2D eigenvalue weighted by molar-refractivity contribution is 0.0951. The number of rotatable bonds is 4. The number of pyridine rings is 1. The molecule has 3 aromatic rings. The van der Waals surface area contributed by atoms with Crippen molar-refractivity contribution >= 4 is 16.8 Å². The molecule has 5 heteroatoms. The molecule has 0 fully saturated rings. The van der Waals surface area contributed by atoms with Gasteiger partial charge in [0.15, 0.2) is 0 Å². The zero-order valence-electron chi connectivity index (χ0n) is 14.4. The van der Waals surface area contributed by atoms with E-state index in [0.29, 0.717) is 12.1 Å². The van der Waals surface area contributed by atoms with Gasteiger partial charge in [0.25, 0.3) is 5.91 Å². The molecule has 0 saturated heterocycles. The number of aryl methyl sites for hydroxylation is 3. The average Bonchev–Trinajstić information content (AvgIpc) is 2.90. The Bertz CT molecular complexity index is 893. The van der Waals surface area contributed by atoms with Gasteiger partial charge in [-0.05, 0) is 38.8 Å². The number of carbonyl (C=O) groups excluding carboxylic acids is 1. The minimum atomic E-state index is -0.0965. The van der Waals surface area contributed by atoms with Crippen LogP contribution in [0.25, 0.3) is 10.9 Å². The predicted molar refractivity (Wildman–Crippen MR) is 93.0 cm³/mol. The Morgan fingerprint density at radius 1 is 1.21 bits per heavy atom. The summed E-state index contributed by atoms with van der Waals surface area (Å²) >= 11 is 0. The van der Waals surface area contributed by atoms with Crippen LogP contribution in [0.1, 0.15) is 45.6 Å². The van der Waals surface area contributed by atoms with Crippen molar-refractivity contribution < 1.29 is 9.32 Å². The molecule has 1 amide bonds. The molecule has 5 nitrogen and oxygen atoms in total. The standard InChI is InChI=1S/C19H21N3O2/c1-5-16-11(2)18(14-8-6-7-9-17(14)21-16)19(23)20-10-15-12(3)22-24-13(15)4/h6-9H,5,10H2,1-4H3,(H,20,23). The molecule has 24 heavy (non-hydrogen) atoms. The number of benzene rings is 1. The van der Waals surface area contributed by atoms with E-state index in [1.54, 1.807) is 0 Å². The van der Waals surface area contributed by atoms with Crippen LogP contribution in [0, 0.1) is 20.8 Å². The third kappa shape index (κ3) is 2.77. The van der Waals surface area contributed by atoms with E-state index in [9.17, 15) is 4.79 Å². The molecule has 0 saturated carbocycles. The fourth-order valence-corrected chi connectivity index (χ4v) is 3.01. The number of hydrogen-bond donors (Lipinski definition) is 1. The number of nitrogens with zero attached hydrogens (tertiary/aromatic N) is 2. The summed E-state index contributed by atoms with van der Waals surface area (Å²) in [5, 5.41) is 7.80. The second-order valence-corrected chi connectivity index (χ2v) is 5.91. The molecule has 1 aromatic carbocycles. The summed E-state index contributed by atoms with van der Waals surface area (Å²) in [5.41, 5.74) is 5.17. The molecule has 3 rings (SSSR count). The maximum atomic E-state index is 12.9. The van der Waals surface area contributed by atoms with Crippen LogP contribution in [0.2, 0.25) is 0 Å². The molecule has 0 spiro atoms. The summed E-state index contributed by atoms with van der Waals surface area (Å²) in [4.78, 5) is 17.5. The Morgan fingerprint density at radius 2 is 1.96 bits per heavy atom. The molecule has 0 unspecified atom stereocenters. The first kappa shape index (κ1) is 16.2. The van der Waals surface area contributed by atoms with Gasteiger partial charge in [0, 0.05) is 23.2 Å². The van der Waals surface area contributed by atoms with E-state index in [0.717, 1.165) is 45.6 Å². The third-order valence-corrected chi connectivity index (χ3v) is 4.41. The maximum absolute atomic E-state index is 12.9. The van der Waals surface area contributed by atoms with E-state index >= 15 is 0 Å². The predicted octanol–water partition coefficient (Wildman–Crippen LogP) is 3.64. The van der Waals surface area contributed by atoms with Crippen LogP contribution in [0.5, 0.6) is 0 Å². The third-order valence-electron chi connectivity index (χ3n) is 4.41. The monoisotopic (exact) mass is 323 g/mol. The van der Waals surface area contributed by atoms with Crippen LogP contribution in [0.3, 0.4) is 0 Å². The molecule has 0 bridgehead atoms. The second-order valence-electron chi connectivity index (χ2n) is 5.91. The highest BCUT2D eigenvalue weighted by Gasteiger charge is 2.18. The fraction of sp³-hybridized carbons (Fsp3) is 0.316. The normalized spacial score (nSPS) is 11.0. The minimum absolute atomic E-state index is 0.0965. The van der Waals surface area contributed by atoms with Crippen molar-refractivity contribution in [3.8, 4) is 0 Å². The van der Waals surface area contributed by atoms with Crippen LogP contribution in [-0.4, -0.2) is 16.0 Å². The lowest BCUT2D eigenvalue weighted by Crippen LogP contribution is -2.25. The Balaban J connectivity index is 1.98. The Labute approximate surface area is 141 Å². The highest BCUT2D eigenvalue weighted by Crippen LogP contribution is 2.23. The van der Waals surface area contributed by atoms with Gasteiger partial charge in [0.2, 0.25) is 0 Å². The molecule has 0 atom stereocenters.